The Hall–Kier alpha value is -3.99. The highest BCUT2D eigenvalue weighted by Crippen LogP contribution is 2.45. The Morgan fingerprint density at radius 2 is 1.71 bits per heavy atom. The van der Waals surface area contributed by atoms with Crippen molar-refractivity contribution in [3.05, 3.63) is 72.1 Å². The van der Waals surface area contributed by atoms with E-state index in [4.69, 9.17) is 10.3 Å². The van der Waals surface area contributed by atoms with Crippen molar-refractivity contribution in [2.24, 2.45) is 5.73 Å². The Kier molecular flexibility index (Phi) is 6.34. The lowest BCUT2D eigenvalue weighted by atomic mass is 9.62. The number of carbonyl (C=O) groups excluding carboxylic acids is 1. The van der Waals surface area contributed by atoms with Gasteiger partial charge in [-0.1, -0.05) is 66.9 Å². The normalized spacial score (nSPS) is 17.2. The molecule has 2 heterocycles. The fourth-order valence-corrected chi connectivity index (χ4v) is 5.22. The number of aromatic nitrogens is 4. The molecule has 1 atom stereocenters. The summed E-state index contributed by atoms with van der Waals surface area (Å²) in [6, 6.07) is 14.5. The molecule has 1 aliphatic carbocycles. The minimum absolute atomic E-state index is 0.0595. The van der Waals surface area contributed by atoms with Crippen molar-refractivity contribution in [1.82, 2.24) is 19.9 Å². The second-order valence-corrected chi connectivity index (χ2v) is 9.73. The van der Waals surface area contributed by atoms with Crippen LogP contribution in [0.15, 0.2) is 65.3 Å². The first-order valence-corrected chi connectivity index (χ1v) is 12.2. The monoisotopic (exact) mass is 525 g/mol. The molecule has 0 radical (unpaired) electrons. The zero-order chi connectivity index (χ0) is 27.1. The lowest BCUT2D eigenvalue weighted by Crippen LogP contribution is -2.58. The van der Waals surface area contributed by atoms with Crippen LogP contribution in [0.25, 0.3) is 28.5 Å². The summed E-state index contributed by atoms with van der Waals surface area (Å²) in [6.45, 7) is 1.64. The minimum atomic E-state index is -4.74. The highest BCUT2D eigenvalue weighted by atomic mass is 19.4. The second-order valence-electron chi connectivity index (χ2n) is 9.73. The molecule has 0 bridgehead atoms. The quantitative estimate of drug-likeness (QED) is 0.364. The van der Waals surface area contributed by atoms with Gasteiger partial charge in [0.1, 0.15) is 0 Å². The van der Waals surface area contributed by atoms with Gasteiger partial charge in [0, 0.05) is 5.56 Å². The summed E-state index contributed by atoms with van der Waals surface area (Å²) in [7, 11) is 0. The summed E-state index contributed by atoms with van der Waals surface area (Å²) in [5, 5.41) is 19.2. The van der Waals surface area contributed by atoms with Crippen LogP contribution in [0.3, 0.4) is 0 Å². The molecule has 198 valence electrons. The maximum atomic E-state index is 14.0. The third kappa shape index (κ3) is 4.26. The molecule has 1 fully saturated rings. The highest BCUT2D eigenvalue weighted by Gasteiger charge is 2.52. The summed E-state index contributed by atoms with van der Waals surface area (Å²) >= 11 is 0. The molecule has 1 saturated carbocycles. The van der Waals surface area contributed by atoms with Crippen LogP contribution in [0.2, 0.25) is 0 Å². The van der Waals surface area contributed by atoms with Crippen LogP contribution in [-0.4, -0.2) is 36.5 Å². The first-order valence-electron chi connectivity index (χ1n) is 12.2. The van der Waals surface area contributed by atoms with Crippen molar-refractivity contribution < 1.29 is 27.6 Å². The number of hydrogen-bond acceptors (Lipinski definition) is 6. The fourth-order valence-electron chi connectivity index (χ4n) is 5.22. The van der Waals surface area contributed by atoms with E-state index in [0.29, 0.717) is 24.0 Å². The number of benzene rings is 2. The predicted octanol–water partition coefficient (Wildman–Crippen LogP) is 5.05. The Balaban J connectivity index is 1.48. The van der Waals surface area contributed by atoms with Crippen molar-refractivity contribution in [2.75, 3.05) is 0 Å². The Labute approximate surface area is 216 Å². The molecule has 1 amide bonds. The Bertz CT molecular complexity index is 1440. The molecule has 0 spiro atoms. The molecular weight excluding hydrogens is 499 g/mol. The topological polar surface area (TPSA) is 120 Å². The smallest absolute Gasteiger partial charge is 0.388 e. The van der Waals surface area contributed by atoms with Crippen molar-refractivity contribution >= 4 is 5.91 Å². The third-order valence-corrected chi connectivity index (χ3v) is 7.52. The van der Waals surface area contributed by atoms with Crippen LogP contribution < -0.4 is 5.73 Å². The number of aliphatic hydroxyl groups is 1. The molecule has 1 unspecified atom stereocenters. The number of alkyl halides is 3. The SMILES string of the molecule is CC(C(N)=O)(c1ccc(-c2noc(-c3cnn(-c4ccccc4)c3C(F)(F)F)n2)cc1)C1(O)CCCCC1. The number of halogens is 3. The number of primary amides is 1. The first kappa shape index (κ1) is 25.7. The number of nitrogens with two attached hydrogens (primary N) is 1. The predicted molar refractivity (Wildman–Crippen MR) is 132 cm³/mol. The van der Waals surface area contributed by atoms with Crippen molar-refractivity contribution in [3.63, 3.8) is 0 Å². The molecule has 2 aromatic carbocycles. The summed E-state index contributed by atoms with van der Waals surface area (Å²) in [5.74, 6) is -0.909. The average molecular weight is 526 g/mol. The maximum absolute atomic E-state index is 14.0. The minimum Gasteiger partial charge on any atom is -0.388 e. The lowest BCUT2D eigenvalue weighted by Gasteiger charge is -2.45. The van der Waals surface area contributed by atoms with Crippen LogP contribution in [0.4, 0.5) is 13.2 Å². The molecule has 5 rings (SSSR count). The molecule has 3 N–H and O–H groups in total. The summed E-state index contributed by atoms with van der Waals surface area (Å²) in [5.41, 5.74) is 3.04. The van der Waals surface area contributed by atoms with Crippen molar-refractivity contribution in [1.29, 1.82) is 0 Å². The summed E-state index contributed by atoms with van der Waals surface area (Å²) in [4.78, 5) is 16.8. The average Bonchev–Trinajstić information content (AvgIpc) is 3.57. The molecule has 1 aliphatic rings. The summed E-state index contributed by atoms with van der Waals surface area (Å²) in [6.07, 6.45) is -0.207. The van der Waals surface area contributed by atoms with Gasteiger partial charge in [-0.15, -0.1) is 0 Å². The highest BCUT2D eigenvalue weighted by molar-refractivity contribution is 5.88. The van der Waals surface area contributed by atoms with E-state index >= 15 is 0 Å². The standard InChI is InChI=1S/C27H26F3N5O3/c1-25(24(31)36,26(37)14-6-3-7-15-26)18-12-10-17(11-13-18)22-33-23(38-34-22)20-16-32-35(21(20)27(28,29)30)19-8-4-2-5-9-19/h2,4-5,8-13,16,37H,3,6-7,14-15H2,1H3,(H2,31,36). The van der Waals surface area contributed by atoms with Gasteiger partial charge in [-0.25, -0.2) is 4.68 Å². The number of amides is 1. The molecule has 38 heavy (non-hydrogen) atoms. The van der Waals surface area contributed by atoms with Gasteiger partial charge in [-0.2, -0.15) is 23.3 Å². The number of hydrogen-bond donors (Lipinski definition) is 2. The fraction of sp³-hybridized carbons (Fsp3) is 0.333. The van der Waals surface area contributed by atoms with Gasteiger partial charge >= 0.3 is 6.18 Å². The molecule has 4 aromatic rings. The van der Waals surface area contributed by atoms with Gasteiger partial charge in [0.15, 0.2) is 5.69 Å². The number of rotatable bonds is 6. The number of carbonyl (C=O) groups is 1. The van der Waals surface area contributed by atoms with Gasteiger partial charge in [0.05, 0.1) is 28.5 Å². The molecule has 0 aliphatic heterocycles. The number of para-hydroxylation sites is 1. The zero-order valence-corrected chi connectivity index (χ0v) is 20.6. The second kappa shape index (κ2) is 9.39. The first-order chi connectivity index (χ1) is 18.0. The number of nitrogens with zero attached hydrogens (tertiary/aromatic N) is 4. The van der Waals surface area contributed by atoms with Gasteiger partial charge in [-0.3, -0.25) is 4.79 Å². The van der Waals surface area contributed by atoms with Gasteiger partial charge in [0.25, 0.3) is 5.89 Å². The van der Waals surface area contributed by atoms with Gasteiger partial charge in [0.2, 0.25) is 11.7 Å². The van der Waals surface area contributed by atoms with E-state index in [-0.39, 0.29) is 23.0 Å². The van der Waals surface area contributed by atoms with E-state index in [9.17, 15) is 23.1 Å². The Morgan fingerprint density at radius 1 is 1.05 bits per heavy atom. The lowest BCUT2D eigenvalue weighted by molar-refractivity contribution is -0.142. The maximum Gasteiger partial charge on any atom is 0.434 e. The molecule has 8 nitrogen and oxygen atoms in total. The van der Waals surface area contributed by atoms with Crippen LogP contribution in [-0.2, 0) is 16.4 Å². The van der Waals surface area contributed by atoms with E-state index in [2.05, 4.69) is 15.2 Å². The van der Waals surface area contributed by atoms with E-state index in [1.807, 2.05) is 0 Å². The summed E-state index contributed by atoms with van der Waals surface area (Å²) < 4.78 is 48.1. The van der Waals surface area contributed by atoms with Crippen molar-refractivity contribution in [2.45, 2.75) is 56.2 Å². The van der Waals surface area contributed by atoms with Crippen molar-refractivity contribution in [3.8, 4) is 28.5 Å². The van der Waals surface area contributed by atoms with Crippen LogP contribution in [0.5, 0.6) is 0 Å². The molecule has 2 aromatic heterocycles. The Morgan fingerprint density at radius 3 is 2.32 bits per heavy atom. The van der Waals surface area contributed by atoms with E-state index in [1.165, 1.54) is 12.1 Å². The van der Waals surface area contributed by atoms with E-state index in [0.717, 1.165) is 30.1 Å². The van der Waals surface area contributed by atoms with Gasteiger partial charge in [-0.05, 0) is 37.5 Å². The van der Waals surface area contributed by atoms with Crippen LogP contribution in [0, 0.1) is 0 Å². The van der Waals surface area contributed by atoms with Crippen LogP contribution in [0.1, 0.15) is 50.3 Å². The largest absolute Gasteiger partial charge is 0.434 e. The van der Waals surface area contributed by atoms with E-state index in [1.54, 1.807) is 49.4 Å². The van der Waals surface area contributed by atoms with Crippen LogP contribution >= 0.6 is 0 Å². The molecule has 0 saturated heterocycles. The zero-order valence-electron chi connectivity index (χ0n) is 20.6. The van der Waals surface area contributed by atoms with E-state index < -0.39 is 28.8 Å². The van der Waals surface area contributed by atoms with Gasteiger partial charge < -0.3 is 15.4 Å². The third-order valence-electron chi connectivity index (χ3n) is 7.52. The molecular formula is C27H26F3N5O3. The molecule has 11 heteroatoms.